The average Bonchev–Trinajstić information content (AvgIpc) is 2.17. The predicted molar refractivity (Wildman–Crippen MR) is 61.7 cm³/mol. The first-order valence-corrected chi connectivity index (χ1v) is 5.51. The fourth-order valence-corrected chi connectivity index (χ4v) is 1.88. The van der Waals surface area contributed by atoms with Crippen molar-refractivity contribution in [3.05, 3.63) is 33.8 Å². The molecule has 0 saturated carbocycles. The van der Waals surface area contributed by atoms with Gasteiger partial charge in [0.15, 0.2) is 5.38 Å². The number of carbonyl (C=O) groups excluding carboxylic acids is 1. The number of hydrogen-bond acceptors (Lipinski definition) is 2. The van der Waals surface area contributed by atoms with Gasteiger partial charge in [-0.15, -0.1) is 11.6 Å². The van der Waals surface area contributed by atoms with Crippen molar-refractivity contribution in [1.82, 2.24) is 0 Å². The zero-order valence-corrected chi connectivity index (χ0v) is 10.2. The molecule has 0 aromatic heterocycles. The second kappa shape index (κ2) is 5.59. The summed E-state index contributed by atoms with van der Waals surface area (Å²) in [5, 5.41) is -0.0401. The quantitative estimate of drug-likeness (QED) is 0.614. The molecule has 0 aliphatic carbocycles. The van der Waals surface area contributed by atoms with Gasteiger partial charge < -0.3 is 4.74 Å². The van der Waals surface area contributed by atoms with Gasteiger partial charge in [0.05, 0.1) is 6.61 Å². The summed E-state index contributed by atoms with van der Waals surface area (Å²) in [7, 11) is 0. The molecule has 2 nitrogen and oxygen atoms in total. The topological polar surface area (TPSA) is 26.3 Å². The normalized spacial score (nSPS) is 12.3. The van der Waals surface area contributed by atoms with Crippen molar-refractivity contribution in [3.8, 4) is 0 Å². The van der Waals surface area contributed by atoms with Crippen LogP contribution in [0, 0.1) is 0 Å². The molecule has 0 radical (unpaired) electrons. The number of halogens is 3. The van der Waals surface area contributed by atoms with E-state index in [1.54, 1.807) is 19.1 Å². The van der Waals surface area contributed by atoms with E-state index in [-0.39, 0.29) is 6.61 Å². The maximum Gasteiger partial charge on any atom is 0.328 e. The lowest BCUT2D eigenvalue weighted by Gasteiger charge is -2.10. The molecule has 5 heteroatoms. The lowest BCUT2D eigenvalue weighted by molar-refractivity contribution is -0.142. The monoisotopic (exact) mass is 266 g/mol. The molecule has 0 heterocycles. The summed E-state index contributed by atoms with van der Waals surface area (Å²) >= 11 is 17.5. The first-order valence-electron chi connectivity index (χ1n) is 4.32. The highest BCUT2D eigenvalue weighted by Crippen LogP contribution is 2.30. The van der Waals surface area contributed by atoms with Gasteiger partial charge >= 0.3 is 5.97 Å². The van der Waals surface area contributed by atoms with Gasteiger partial charge in [-0.25, -0.2) is 0 Å². The lowest BCUT2D eigenvalue weighted by Crippen LogP contribution is -2.11. The van der Waals surface area contributed by atoms with Gasteiger partial charge in [-0.1, -0.05) is 29.3 Å². The Morgan fingerprint density at radius 2 is 2.13 bits per heavy atom. The molecule has 0 aliphatic rings. The number of carbonyl (C=O) groups is 1. The smallest absolute Gasteiger partial charge is 0.328 e. The zero-order valence-electron chi connectivity index (χ0n) is 7.97. The summed E-state index contributed by atoms with van der Waals surface area (Å²) in [6.07, 6.45) is 0. The van der Waals surface area contributed by atoms with Crippen LogP contribution in [0.3, 0.4) is 0 Å². The molecular formula is C10H9Cl3O2. The number of alkyl halides is 1. The summed E-state index contributed by atoms with van der Waals surface area (Å²) in [6, 6.07) is 4.77. The van der Waals surface area contributed by atoms with E-state index in [0.29, 0.717) is 15.6 Å². The standard InChI is InChI=1S/C10H9Cl3O2/c1-2-15-10(14)9(13)7-4-3-6(11)5-8(7)12/h3-5,9H,2H2,1H3. The Labute approximate surface area is 103 Å². The molecule has 82 valence electrons. The largest absolute Gasteiger partial charge is 0.465 e. The van der Waals surface area contributed by atoms with E-state index in [4.69, 9.17) is 39.5 Å². The number of rotatable bonds is 3. The van der Waals surface area contributed by atoms with Crippen LogP contribution in [0.15, 0.2) is 18.2 Å². The molecule has 0 fully saturated rings. The molecule has 1 atom stereocenters. The van der Waals surface area contributed by atoms with Gasteiger partial charge in [0, 0.05) is 10.0 Å². The summed E-state index contributed by atoms with van der Waals surface area (Å²) in [5.74, 6) is -0.511. The molecule has 0 saturated heterocycles. The first-order chi connectivity index (χ1) is 7.06. The van der Waals surface area contributed by atoms with Crippen LogP contribution >= 0.6 is 34.8 Å². The third-order valence-corrected chi connectivity index (χ3v) is 2.70. The number of hydrogen-bond donors (Lipinski definition) is 0. The fourth-order valence-electron chi connectivity index (χ4n) is 1.05. The predicted octanol–water partition coefficient (Wildman–Crippen LogP) is 3.84. The molecule has 1 unspecified atom stereocenters. The molecule has 0 N–H and O–H groups in total. The highest BCUT2D eigenvalue weighted by atomic mass is 35.5. The molecule has 1 aromatic rings. The Hall–Kier alpha value is -0.440. The zero-order chi connectivity index (χ0) is 11.4. The van der Waals surface area contributed by atoms with Crippen LogP contribution in [0.4, 0.5) is 0 Å². The van der Waals surface area contributed by atoms with Crippen LogP contribution in [0.1, 0.15) is 17.9 Å². The number of ether oxygens (including phenoxy) is 1. The van der Waals surface area contributed by atoms with E-state index in [1.807, 2.05) is 0 Å². The Morgan fingerprint density at radius 3 is 2.67 bits per heavy atom. The minimum atomic E-state index is -0.894. The van der Waals surface area contributed by atoms with E-state index in [0.717, 1.165) is 0 Å². The van der Waals surface area contributed by atoms with E-state index >= 15 is 0 Å². The Morgan fingerprint density at radius 1 is 1.47 bits per heavy atom. The number of esters is 1. The van der Waals surface area contributed by atoms with Crippen LogP contribution in [-0.2, 0) is 9.53 Å². The molecular weight excluding hydrogens is 258 g/mol. The Balaban J connectivity index is 2.91. The molecule has 0 aliphatic heterocycles. The average molecular weight is 268 g/mol. The fraction of sp³-hybridized carbons (Fsp3) is 0.300. The molecule has 0 spiro atoms. The van der Waals surface area contributed by atoms with Gasteiger partial charge in [0.2, 0.25) is 0 Å². The van der Waals surface area contributed by atoms with Crippen LogP contribution in [0.25, 0.3) is 0 Å². The van der Waals surface area contributed by atoms with Gasteiger partial charge in [-0.2, -0.15) is 0 Å². The van der Waals surface area contributed by atoms with Crippen molar-refractivity contribution in [2.75, 3.05) is 6.61 Å². The lowest BCUT2D eigenvalue weighted by atomic mass is 10.1. The third-order valence-electron chi connectivity index (χ3n) is 1.73. The summed E-state index contributed by atoms with van der Waals surface area (Å²) in [5.41, 5.74) is 0.501. The third kappa shape index (κ3) is 3.26. The van der Waals surface area contributed by atoms with Crippen molar-refractivity contribution in [2.45, 2.75) is 12.3 Å². The summed E-state index contributed by atoms with van der Waals surface area (Å²) in [4.78, 5) is 11.3. The highest BCUT2D eigenvalue weighted by molar-refractivity contribution is 6.37. The van der Waals surface area contributed by atoms with Gasteiger partial charge in [-0.3, -0.25) is 4.79 Å². The van der Waals surface area contributed by atoms with Crippen molar-refractivity contribution in [3.63, 3.8) is 0 Å². The van der Waals surface area contributed by atoms with Crippen molar-refractivity contribution < 1.29 is 9.53 Å². The maximum atomic E-state index is 11.3. The van der Waals surface area contributed by atoms with Gasteiger partial charge in [0.1, 0.15) is 0 Å². The van der Waals surface area contributed by atoms with Crippen LogP contribution in [0.5, 0.6) is 0 Å². The van der Waals surface area contributed by atoms with E-state index < -0.39 is 11.3 Å². The van der Waals surface area contributed by atoms with Crippen molar-refractivity contribution in [1.29, 1.82) is 0 Å². The minimum Gasteiger partial charge on any atom is -0.465 e. The van der Waals surface area contributed by atoms with Crippen LogP contribution < -0.4 is 0 Å². The molecule has 15 heavy (non-hydrogen) atoms. The minimum absolute atomic E-state index is 0.285. The molecule has 0 bridgehead atoms. The molecule has 1 aromatic carbocycles. The summed E-state index contributed by atoms with van der Waals surface area (Å²) < 4.78 is 4.78. The van der Waals surface area contributed by atoms with Gasteiger partial charge in [-0.05, 0) is 24.6 Å². The van der Waals surface area contributed by atoms with Crippen LogP contribution in [0.2, 0.25) is 10.0 Å². The maximum absolute atomic E-state index is 11.3. The van der Waals surface area contributed by atoms with Crippen LogP contribution in [-0.4, -0.2) is 12.6 Å². The van der Waals surface area contributed by atoms with E-state index in [1.165, 1.54) is 6.07 Å². The second-order valence-electron chi connectivity index (χ2n) is 2.78. The Bertz CT molecular complexity index is 366. The first kappa shape index (κ1) is 12.6. The Kier molecular flexibility index (Phi) is 4.71. The highest BCUT2D eigenvalue weighted by Gasteiger charge is 2.21. The van der Waals surface area contributed by atoms with Crippen molar-refractivity contribution >= 4 is 40.8 Å². The number of benzene rings is 1. The molecule has 0 amide bonds. The second-order valence-corrected chi connectivity index (χ2v) is 4.06. The van der Waals surface area contributed by atoms with Crippen molar-refractivity contribution in [2.24, 2.45) is 0 Å². The SMILES string of the molecule is CCOC(=O)C(Cl)c1ccc(Cl)cc1Cl. The van der Waals surface area contributed by atoms with Gasteiger partial charge in [0.25, 0.3) is 0 Å². The molecule has 1 rings (SSSR count). The van der Waals surface area contributed by atoms with E-state index in [9.17, 15) is 4.79 Å². The summed E-state index contributed by atoms with van der Waals surface area (Å²) in [6.45, 7) is 2.00. The van der Waals surface area contributed by atoms with E-state index in [2.05, 4.69) is 0 Å².